The predicted molar refractivity (Wildman–Crippen MR) is 7.97 cm³/mol. The predicted octanol–water partition coefficient (Wildman–Crippen LogP) is 0.457. The number of halogens is 2. The molecule has 0 bridgehead atoms. The molecule has 0 atom stereocenters. The molecule has 0 aromatic carbocycles. The van der Waals surface area contributed by atoms with Crippen molar-refractivity contribution in [3.8, 4) is 0 Å². The van der Waals surface area contributed by atoms with Crippen LogP contribution < -0.4 is 0 Å². The molecule has 0 rings (SSSR count). The molecule has 0 unspecified atom stereocenters. The molecule has 0 aromatic rings. The van der Waals surface area contributed by atoms with Crippen molar-refractivity contribution in [1.82, 2.24) is 0 Å². The van der Waals surface area contributed by atoms with Crippen LogP contribution in [0.1, 0.15) is 0 Å². The minimum Gasteiger partial charge on any atom is 0 e. The summed E-state index contributed by atoms with van der Waals surface area (Å²) < 4.78 is 19.2. The first kappa shape index (κ1) is 9.03. The van der Waals surface area contributed by atoms with Crippen molar-refractivity contribution in [3.05, 3.63) is 0 Å². The van der Waals surface area contributed by atoms with Crippen LogP contribution in [0.3, 0.4) is 0 Å². The smallest absolute Gasteiger partial charge is 0 e. The molecule has 4 heavy (non-hydrogen) atoms. The van der Waals surface area contributed by atoms with Crippen molar-refractivity contribution >= 4 is 29.6 Å². The van der Waals surface area contributed by atoms with Gasteiger partial charge in [-0.3, -0.25) is 0 Å². The molecule has 1 radical (unpaired) electrons. The molecular formula is CoF2Na. The average Bonchev–Trinajstić information content (AvgIpc) is 0.918. The van der Waals surface area contributed by atoms with Gasteiger partial charge in [0.05, 0.1) is 0 Å². The summed E-state index contributed by atoms with van der Waals surface area (Å²) in [6.45, 7) is 0. The SMILES string of the molecule is [F][Co][F].[Na]. The fourth-order valence-electron chi connectivity index (χ4n) is 0. The van der Waals surface area contributed by atoms with Crippen LogP contribution in [-0.2, 0) is 15.6 Å². The van der Waals surface area contributed by atoms with E-state index in [1.54, 1.807) is 0 Å². The van der Waals surface area contributed by atoms with E-state index in [0.29, 0.717) is 0 Å². The Kier molecular flexibility index (Phi) is 19.9. The summed E-state index contributed by atoms with van der Waals surface area (Å²) in [7, 11) is 0. The first-order valence-electron chi connectivity index (χ1n) is 0.252. The minimum absolute atomic E-state index is 0. The maximum Gasteiger partial charge on any atom is 0 e. The Labute approximate surface area is 52.1 Å². The fraction of sp³-hybridized carbons (Fsp3) is 0. The van der Waals surface area contributed by atoms with Gasteiger partial charge in [0.25, 0.3) is 0 Å². The van der Waals surface area contributed by atoms with E-state index in [0.717, 1.165) is 0 Å². The van der Waals surface area contributed by atoms with Crippen LogP contribution >= 0.6 is 0 Å². The zero-order chi connectivity index (χ0) is 2.71. The van der Waals surface area contributed by atoms with Gasteiger partial charge in [-0.2, -0.15) is 0 Å². The second kappa shape index (κ2) is 8.84. The maximum absolute atomic E-state index is 9.59. The Morgan fingerprint density at radius 2 is 1.25 bits per heavy atom. The molecule has 0 heterocycles. The van der Waals surface area contributed by atoms with E-state index >= 15 is 0 Å². The summed E-state index contributed by atoms with van der Waals surface area (Å²) in [5, 5.41) is 0. The van der Waals surface area contributed by atoms with Gasteiger partial charge in [-0.15, -0.1) is 0 Å². The van der Waals surface area contributed by atoms with Crippen molar-refractivity contribution in [2.75, 3.05) is 0 Å². The van der Waals surface area contributed by atoms with Crippen molar-refractivity contribution in [2.45, 2.75) is 0 Å². The first-order valence-corrected chi connectivity index (χ1v) is 1.04. The van der Waals surface area contributed by atoms with E-state index in [1.165, 1.54) is 0 Å². The molecule has 0 amide bonds. The molecule has 24 valence electrons. The van der Waals surface area contributed by atoms with E-state index in [2.05, 4.69) is 0 Å². The van der Waals surface area contributed by atoms with Gasteiger partial charge in [-0.25, -0.2) is 0 Å². The summed E-state index contributed by atoms with van der Waals surface area (Å²) in [6.07, 6.45) is 0. The van der Waals surface area contributed by atoms with Gasteiger partial charge in [0.2, 0.25) is 0 Å². The average molecular weight is 120 g/mol. The first-order chi connectivity index (χ1) is 1.41. The van der Waals surface area contributed by atoms with Gasteiger partial charge < -0.3 is 0 Å². The maximum atomic E-state index is 9.59. The Morgan fingerprint density at radius 3 is 1.25 bits per heavy atom. The third kappa shape index (κ3) is 10.1. The van der Waals surface area contributed by atoms with Crippen LogP contribution in [0.15, 0.2) is 0 Å². The van der Waals surface area contributed by atoms with Gasteiger partial charge in [-0.05, 0) is 0 Å². The quantitative estimate of drug-likeness (QED) is 0.407. The Hall–Kier alpha value is 1.37. The topological polar surface area (TPSA) is 0 Å². The van der Waals surface area contributed by atoms with Crippen LogP contribution in [0.2, 0.25) is 0 Å². The molecule has 0 saturated carbocycles. The van der Waals surface area contributed by atoms with E-state index in [1.807, 2.05) is 0 Å². The van der Waals surface area contributed by atoms with Crippen molar-refractivity contribution in [1.29, 1.82) is 0 Å². The van der Waals surface area contributed by atoms with E-state index in [9.17, 15) is 7.16 Å². The molecule has 0 spiro atoms. The van der Waals surface area contributed by atoms with Crippen molar-refractivity contribution in [3.63, 3.8) is 0 Å². The molecule has 0 aliphatic rings. The molecule has 0 saturated heterocycles. The Bertz CT molecular complexity index is 6.00. The van der Waals surface area contributed by atoms with Crippen LogP contribution in [0.4, 0.5) is 7.16 Å². The second-order valence-electron chi connectivity index (χ2n) is 0.0476. The third-order valence-corrected chi connectivity index (χ3v) is 0. The molecule has 0 N–H and O–H groups in total. The van der Waals surface area contributed by atoms with Gasteiger partial charge in [-0.1, -0.05) is 0 Å². The van der Waals surface area contributed by atoms with Crippen molar-refractivity contribution in [2.24, 2.45) is 0 Å². The molecule has 0 aliphatic heterocycles. The molecule has 0 aromatic heterocycles. The summed E-state index contributed by atoms with van der Waals surface area (Å²) in [4.78, 5) is 0. The molecular weight excluding hydrogens is 120 g/mol. The minimum atomic E-state index is -1.56. The second-order valence-corrected chi connectivity index (χ2v) is 0.196. The molecule has 0 nitrogen and oxygen atoms in total. The van der Waals surface area contributed by atoms with E-state index in [-0.39, 0.29) is 29.6 Å². The third-order valence-electron chi connectivity index (χ3n) is 0. The standard InChI is InChI=1S/Co.2FH.Na/h;2*1H;/q+2;;;/p-2. The fourth-order valence-corrected chi connectivity index (χ4v) is 0. The van der Waals surface area contributed by atoms with Crippen molar-refractivity contribution < 1.29 is 22.8 Å². The molecule has 0 fully saturated rings. The zero-order valence-electron chi connectivity index (χ0n) is 2.09. The van der Waals surface area contributed by atoms with Crippen LogP contribution in [0, 0.1) is 0 Å². The summed E-state index contributed by atoms with van der Waals surface area (Å²) >= 11 is -1.56. The van der Waals surface area contributed by atoms with Gasteiger partial charge >= 0.3 is 22.8 Å². The largest absolute Gasteiger partial charge is 0 e. The summed E-state index contributed by atoms with van der Waals surface area (Å²) in [5.74, 6) is 0. The summed E-state index contributed by atoms with van der Waals surface area (Å²) in [6, 6.07) is 0. The summed E-state index contributed by atoms with van der Waals surface area (Å²) in [5.41, 5.74) is 0. The van der Waals surface area contributed by atoms with Gasteiger partial charge in [0.15, 0.2) is 0 Å². The molecule has 4 heteroatoms. The van der Waals surface area contributed by atoms with Gasteiger partial charge in [0, 0.05) is 29.6 Å². The Morgan fingerprint density at radius 1 is 1.25 bits per heavy atom. The Balaban J connectivity index is 0. The van der Waals surface area contributed by atoms with E-state index < -0.39 is 15.6 Å². The van der Waals surface area contributed by atoms with Crippen LogP contribution in [-0.4, -0.2) is 29.6 Å². The number of hydrogen-bond acceptors (Lipinski definition) is 0. The number of rotatable bonds is 0. The van der Waals surface area contributed by atoms with E-state index in [4.69, 9.17) is 0 Å². The zero-order valence-corrected chi connectivity index (χ0v) is 5.13. The molecule has 0 aliphatic carbocycles. The van der Waals surface area contributed by atoms with Crippen LogP contribution in [0.25, 0.3) is 0 Å². The van der Waals surface area contributed by atoms with Crippen LogP contribution in [0.5, 0.6) is 0 Å². The number of hydrogen-bond donors (Lipinski definition) is 0. The normalized spacial score (nSPS) is 5.50. The monoisotopic (exact) mass is 120 g/mol. The van der Waals surface area contributed by atoms with Gasteiger partial charge in [0.1, 0.15) is 0 Å².